The van der Waals surface area contributed by atoms with Crippen molar-refractivity contribution in [2.45, 2.75) is 19.0 Å². The van der Waals surface area contributed by atoms with Crippen LogP contribution in [0, 0.1) is 13.8 Å². The summed E-state index contributed by atoms with van der Waals surface area (Å²) in [5.41, 5.74) is 4.34. The van der Waals surface area contributed by atoms with Gasteiger partial charge in [0.05, 0.1) is 22.8 Å². The van der Waals surface area contributed by atoms with E-state index in [1.165, 1.54) is 16.7 Å². The van der Waals surface area contributed by atoms with Crippen molar-refractivity contribution in [2.24, 2.45) is 0 Å². The van der Waals surface area contributed by atoms with Crippen molar-refractivity contribution in [3.63, 3.8) is 0 Å². The zero-order valence-corrected chi connectivity index (χ0v) is 16.2. The largest absolute Gasteiger partial charge is 0.323 e. The van der Waals surface area contributed by atoms with E-state index in [4.69, 9.17) is 0 Å². The van der Waals surface area contributed by atoms with Crippen molar-refractivity contribution in [3.05, 3.63) is 53.6 Å². The van der Waals surface area contributed by atoms with Crippen LogP contribution in [0.25, 0.3) is 5.69 Å². The van der Waals surface area contributed by atoms with Crippen molar-refractivity contribution in [1.29, 1.82) is 0 Å². The molecule has 2 amide bonds. The number of anilines is 2. The van der Waals surface area contributed by atoms with Crippen LogP contribution in [0.15, 0.2) is 47.6 Å². The highest BCUT2D eigenvalue weighted by molar-refractivity contribution is 7.99. The summed E-state index contributed by atoms with van der Waals surface area (Å²) in [4.78, 5) is 26.2. The molecule has 8 nitrogen and oxygen atoms in total. The van der Waals surface area contributed by atoms with E-state index in [-0.39, 0.29) is 24.1 Å². The molecule has 0 spiro atoms. The number of tetrazole rings is 1. The van der Waals surface area contributed by atoms with Gasteiger partial charge in [-0.2, -0.15) is 4.68 Å². The van der Waals surface area contributed by atoms with E-state index in [2.05, 4.69) is 20.8 Å². The minimum atomic E-state index is -0.211. The van der Waals surface area contributed by atoms with Gasteiger partial charge in [-0.15, -0.1) is 5.10 Å². The smallest absolute Gasteiger partial charge is 0.244 e. The molecule has 4 rings (SSSR count). The van der Waals surface area contributed by atoms with E-state index in [9.17, 15) is 9.59 Å². The van der Waals surface area contributed by atoms with Crippen molar-refractivity contribution in [3.8, 4) is 5.69 Å². The Morgan fingerprint density at radius 3 is 2.86 bits per heavy atom. The van der Waals surface area contributed by atoms with E-state index >= 15 is 0 Å². The average molecular weight is 394 g/mol. The van der Waals surface area contributed by atoms with Gasteiger partial charge in [-0.1, -0.05) is 36.0 Å². The van der Waals surface area contributed by atoms with Gasteiger partial charge in [-0.25, -0.2) is 0 Å². The number of carbonyl (C=O) groups excluding carboxylic acids is 2. The molecule has 2 aromatic carbocycles. The number of fused-ring (bicyclic) bond motifs is 1. The summed E-state index contributed by atoms with van der Waals surface area (Å²) in [5.74, 6) is -0.271. The number of aryl methyl sites for hydroxylation is 2. The quantitative estimate of drug-likeness (QED) is 0.683. The Morgan fingerprint density at radius 2 is 2.00 bits per heavy atom. The van der Waals surface area contributed by atoms with Crippen LogP contribution in [0.4, 0.5) is 11.4 Å². The van der Waals surface area contributed by atoms with Crippen LogP contribution in [-0.4, -0.2) is 44.3 Å². The number of nitrogens with zero attached hydrogens (tertiary/aromatic N) is 5. The van der Waals surface area contributed by atoms with Crippen LogP contribution in [-0.2, 0) is 9.59 Å². The number of thioether (sulfide) groups is 1. The standard InChI is InChI=1S/C19H18N6O2S/c1-12-7-8-13(2)16(9-12)25-19(21-22-23-25)28-11-18(27)24-10-17(26)20-14-5-3-4-6-15(14)24/h3-9H,10-11H2,1-2H3,(H,20,26). The fourth-order valence-electron chi connectivity index (χ4n) is 3.03. The van der Waals surface area contributed by atoms with Crippen LogP contribution in [0.3, 0.4) is 0 Å². The summed E-state index contributed by atoms with van der Waals surface area (Å²) in [6.07, 6.45) is 0. The number of benzene rings is 2. The average Bonchev–Trinajstić information content (AvgIpc) is 3.15. The Kier molecular flexibility index (Phi) is 4.82. The molecule has 1 N–H and O–H groups in total. The molecular formula is C19H18N6O2S. The second-order valence-electron chi connectivity index (χ2n) is 6.50. The van der Waals surface area contributed by atoms with E-state index in [0.717, 1.165) is 16.8 Å². The molecule has 1 aromatic heterocycles. The van der Waals surface area contributed by atoms with Gasteiger partial charge in [0.1, 0.15) is 6.54 Å². The van der Waals surface area contributed by atoms with E-state index in [1.807, 2.05) is 50.2 Å². The molecule has 1 aliphatic rings. The van der Waals surface area contributed by atoms with Crippen molar-refractivity contribution >= 4 is 35.0 Å². The van der Waals surface area contributed by atoms with Crippen LogP contribution >= 0.6 is 11.8 Å². The summed E-state index contributed by atoms with van der Waals surface area (Å²) in [6.45, 7) is 3.99. The highest BCUT2D eigenvalue weighted by atomic mass is 32.2. The van der Waals surface area contributed by atoms with Crippen LogP contribution in [0.1, 0.15) is 11.1 Å². The third kappa shape index (κ3) is 3.48. The number of amides is 2. The summed E-state index contributed by atoms with van der Waals surface area (Å²) in [6, 6.07) is 13.3. The number of rotatable bonds is 4. The Hall–Kier alpha value is -3.20. The highest BCUT2D eigenvalue weighted by Gasteiger charge is 2.27. The van der Waals surface area contributed by atoms with Crippen molar-refractivity contribution in [2.75, 3.05) is 22.5 Å². The van der Waals surface area contributed by atoms with Gasteiger partial charge in [0, 0.05) is 0 Å². The zero-order chi connectivity index (χ0) is 19.7. The molecule has 0 radical (unpaired) electrons. The minimum absolute atomic E-state index is 0.00165. The Bertz CT molecular complexity index is 1060. The first kappa shape index (κ1) is 18.2. The summed E-state index contributed by atoms with van der Waals surface area (Å²) in [5, 5.41) is 15.2. The molecule has 0 unspecified atom stereocenters. The molecule has 0 atom stereocenters. The van der Waals surface area contributed by atoms with Gasteiger partial charge in [0.15, 0.2) is 0 Å². The number of nitrogens with one attached hydrogen (secondary N) is 1. The maximum absolute atomic E-state index is 12.8. The summed E-state index contributed by atoms with van der Waals surface area (Å²) in [7, 11) is 0. The SMILES string of the molecule is Cc1ccc(C)c(-n2nnnc2SCC(=O)N2CC(=O)Nc3ccccc32)c1. The van der Waals surface area contributed by atoms with E-state index in [1.54, 1.807) is 10.7 Å². The van der Waals surface area contributed by atoms with Gasteiger partial charge >= 0.3 is 0 Å². The van der Waals surface area contributed by atoms with Gasteiger partial charge in [-0.05, 0) is 53.6 Å². The van der Waals surface area contributed by atoms with Gasteiger partial charge in [0.25, 0.3) is 0 Å². The first-order chi connectivity index (χ1) is 13.5. The molecule has 1 aliphatic heterocycles. The van der Waals surface area contributed by atoms with Crippen LogP contribution in [0.2, 0.25) is 0 Å². The second-order valence-corrected chi connectivity index (χ2v) is 7.44. The number of hydrogen-bond acceptors (Lipinski definition) is 6. The molecule has 28 heavy (non-hydrogen) atoms. The maximum Gasteiger partial charge on any atom is 0.244 e. The minimum Gasteiger partial charge on any atom is -0.323 e. The van der Waals surface area contributed by atoms with Crippen LogP contribution in [0.5, 0.6) is 0 Å². The van der Waals surface area contributed by atoms with Crippen molar-refractivity contribution in [1.82, 2.24) is 20.2 Å². The molecular weight excluding hydrogens is 376 g/mol. The van der Waals surface area contributed by atoms with E-state index < -0.39 is 0 Å². The van der Waals surface area contributed by atoms with Gasteiger partial charge in [-0.3, -0.25) is 9.59 Å². The Balaban J connectivity index is 1.54. The summed E-state index contributed by atoms with van der Waals surface area (Å²) < 4.78 is 1.64. The Morgan fingerprint density at radius 1 is 1.18 bits per heavy atom. The predicted octanol–water partition coefficient (Wildman–Crippen LogP) is 2.36. The molecule has 3 aromatic rings. The fraction of sp³-hybridized carbons (Fsp3) is 0.211. The zero-order valence-electron chi connectivity index (χ0n) is 15.4. The van der Waals surface area contributed by atoms with Crippen LogP contribution < -0.4 is 10.2 Å². The molecule has 142 valence electrons. The van der Waals surface area contributed by atoms with Gasteiger partial charge in [0.2, 0.25) is 17.0 Å². The first-order valence-corrected chi connectivity index (χ1v) is 9.69. The normalized spacial score (nSPS) is 13.2. The highest BCUT2D eigenvalue weighted by Crippen LogP contribution is 2.30. The third-order valence-corrected chi connectivity index (χ3v) is 5.33. The number of hydrogen-bond donors (Lipinski definition) is 1. The maximum atomic E-state index is 12.8. The second kappa shape index (κ2) is 7.43. The number of aromatic nitrogens is 4. The molecule has 9 heteroatoms. The predicted molar refractivity (Wildman–Crippen MR) is 107 cm³/mol. The third-order valence-electron chi connectivity index (χ3n) is 4.43. The lowest BCUT2D eigenvalue weighted by molar-refractivity contribution is -0.120. The monoisotopic (exact) mass is 394 g/mol. The molecule has 0 bridgehead atoms. The number of carbonyl (C=O) groups is 2. The van der Waals surface area contributed by atoms with Gasteiger partial charge < -0.3 is 10.2 Å². The molecule has 0 saturated heterocycles. The molecule has 0 saturated carbocycles. The van der Waals surface area contributed by atoms with E-state index in [0.29, 0.717) is 16.5 Å². The molecule has 0 aliphatic carbocycles. The first-order valence-electron chi connectivity index (χ1n) is 8.71. The topological polar surface area (TPSA) is 93.0 Å². The Labute approximate surface area is 165 Å². The lowest BCUT2D eigenvalue weighted by Gasteiger charge is -2.28. The lowest BCUT2D eigenvalue weighted by Crippen LogP contribution is -2.43. The summed E-state index contributed by atoms with van der Waals surface area (Å²) >= 11 is 1.24. The molecule has 0 fully saturated rings. The number of para-hydroxylation sites is 2. The van der Waals surface area contributed by atoms with Crippen molar-refractivity contribution < 1.29 is 9.59 Å². The molecule has 2 heterocycles. The lowest BCUT2D eigenvalue weighted by atomic mass is 10.1. The fourth-order valence-corrected chi connectivity index (χ4v) is 3.79.